The second-order valence-corrected chi connectivity index (χ2v) is 1.31. The maximum Gasteiger partial charge on any atom is 0.0201 e. The molecule has 0 bridgehead atoms. The third-order valence-corrected chi connectivity index (χ3v) is 0.680. The Kier molecular flexibility index (Phi) is 14.5. The van der Waals surface area contributed by atoms with E-state index in [1.54, 1.807) is 6.29 Å². The van der Waals surface area contributed by atoms with Gasteiger partial charge in [0.2, 0.25) is 0 Å². The topological polar surface area (TPSA) is 17.1 Å². The summed E-state index contributed by atoms with van der Waals surface area (Å²) in [5.74, 6) is 0.565. The van der Waals surface area contributed by atoms with Crippen LogP contribution in [0.1, 0.15) is 12.8 Å². The molecule has 0 aliphatic rings. The van der Waals surface area contributed by atoms with Crippen molar-refractivity contribution in [1.82, 2.24) is 0 Å². The molecule has 0 aromatic carbocycles. The van der Waals surface area contributed by atoms with Crippen LogP contribution in [0.25, 0.3) is 0 Å². The Labute approximate surface area is 58.6 Å². The van der Waals surface area contributed by atoms with E-state index >= 15 is 0 Å². The largest absolute Gasteiger partial charge is 0.542 e. The summed E-state index contributed by atoms with van der Waals surface area (Å²) in [5.41, 5.74) is 0. The van der Waals surface area contributed by atoms with Crippen LogP contribution in [0.15, 0.2) is 0 Å². The minimum absolute atomic E-state index is 0. The normalized spacial score (nSPS) is 7.00. The molecule has 3 heteroatoms. The number of rotatable bonds is 3. The maximum absolute atomic E-state index is 9.38. The first kappa shape index (κ1) is 10.4. The fourth-order valence-electron chi connectivity index (χ4n) is 0.139. The van der Waals surface area contributed by atoms with Crippen LogP contribution in [-0.2, 0) is 21.6 Å². The van der Waals surface area contributed by atoms with Crippen molar-refractivity contribution in [3.8, 4) is 0 Å². The molecule has 0 saturated carbocycles. The molecule has 0 aliphatic heterocycles. The number of halogens is 1. The molecule has 7 heavy (non-hydrogen) atoms. The number of alkyl halides is 1. The third kappa shape index (κ3) is 10.7. The zero-order chi connectivity index (χ0) is 4.83. The second-order valence-electron chi connectivity index (χ2n) is 0.937. The zero-order valence-corrected chi connectivity index (χ0v) is 5.54. The van der Waals surface area contributed by atoms with Gasteiger partial charge in [-0.25, -0.2) is 0 Å². The Hall–Kier alpha value is 0.466. The molecular weight excluding hydrogens is 158 g/mol. The van der Waals surface area contributed by atoms with Gasteiger partial charge < -0.3 is 4.79 Å². The van der Waals surface area contributed by atoms with E-state index in [2.05, 4.69) is 0 Å². The van der Waals surface area contributed by atoms with Crippen LogP contribution >= 0.6 is 11.6 Å². The summed E-state index contributed by atoms with van der Waals surface area (Å²) in [6.07, 6.45) is 2.96. The summed E-state index contributed by atoms with van der Waals surface area (Å²) in [6.45, 7) is 0. The van der Waals surface area contributed by atoms with Gasteiger partial charge in [0.1, 0.15) is 0 Å². The first-order valence-corrected chi connectivity index (χ1v) is 2.36. The van der Waals surface area contributed by atoms with Crippen LogP contribution < -0.4 is 0 Å². The number of hydrogen-bond donors (Lipinski definition) is 0. The van der Waals surface area contributed by atoms with Gasteiger partial charge in [0, 0.05) is 22.7 Å². The molecule has 0 saturated heterocycles. The number of carbonyl (C=O) groups excluding carboxylic acids is 1. The van der Waals surface area contributed by atoms with E-state index in [9.17, 15) is 4.79 Å². The minimum atomic E-state index is 0. The Balaban J connectivity index is 0. The summed E-state index contributed by atoms with van der Waals surface area (Å²) in [5, 5.41) is 0. The van der Waals surface area contributed by atoms with E-state index < -0.39 is 0 Å². The molecule has 0 unspecified atom stereocenters. The van der Waals surface area contributed by atoms with E-state index in [4.69, 9.17) is 11.6 Å². The number of hydrogen-bond acceptors (Lipinski definition) is 1. The van der Waals surface area contributed by atoms with E-state index in [1.807, 2.05) is 0 Å². The molecule has 0 aliphatic carbocycles. The van der Waals surface area contributed by atoms with E-state index in [1.165, 1.54) is 0 Å². The van der Waals surface area contributed by atoms with Crippen molar-refractivity contribution in [3.63, 3.8) is 0 Å². The molecule has 1 nitrogen and oxygen atoms in total. The van der Waals surface area contributed by atoms with Crippen LogP contribution in [0.3, 0.4) is 0 Å². The molecule has 0 rings (SSSR count). The molecule has 0 fully saturated rings. The Morgan fingerprint density at radius 3 is 2.29 bits per heavy atom. The standard InChI is InChI=1S/C4H6ClO.Co/c5-3-1-2-4-6;/h1-3H2;/q-1;. The maximum atomic E-state index is 9.38. The van der Waals surface area contributed by atoms with Crippen LogP contribution in [0.5, 0.6) is 0 Å². The van der Waals surface area contributed by atoms with Crippen molar-refractivity contribution < 1.29 is 21.6 Å². The van der Waals surface area contributed by atoms with Gasteiger partial charge in [-0.05, 0) is 0 Å². The van der Waals surface area contributed by atoms with Gasteiger partial charge in [-0.1, -0.05) is 6.42 Å². The van der Waals surface area contributed by atoms with Crippen LogP contribution in [0, 0.1) is 0 Å². The minimum Gasteiger partial charge on any atom is -0.542 e. The molecule has 1 radical (unpaired) electrons. The van der Waals surface area contributed by atoms with Gasteiger partial charge in [0.25, 0.3) is 0 Å². The van der Waals surface area contributed by atoms with Gasteiger partial charge in [-0.3, -0.25) is 6.29 Å². The summed E-state index contributed by atoms with van der Waals surface area (Å²) in [6, 6.07) is 0. The van der Waals surface area contributed by atoms with E-state index in [-0.39, 0.29) is 16.8 Å². The number of unbranched alkanes of at least 4 members (excludes halogenated alkanes) is 1. The Morgan fingerprint density at radius 1 is 1.57 bits per heavy atom. The van der Waals surface area contributed by atoms with Gasteiger partial charge in [0.05, 0.1) is 0 Å². The molecular formula is C4H6ClCoO-. The smallest absolute Gasteiger partial charge is 0.0201 e. The molecule has 0 spiro atoms. The van der Waals surface area contributed by atoms with Crippen LogP contribution in [0.2, 0.25) is 0 Å². The SMILES string of the molecule is O=[C-]CCCCl.[Co]. The molecule has 0 N–H and O–H groups in total. The first-order valence-electron chi connectivity index (χ1n) is 1.82. The molecule has 0 atom stereocenters. The van der Waals surface area contributed by atoms with Gasteiger partial charge in [-0.2, -0.15) is 6.42 Å². The van der Waals surface area contributed by atoms with Crippen molar-refractivity contribution in [3.05, 3.63) is 0 Å². The average molecular weight is 164 g/mol. The molecule has 0 aromatic rings. The van der Waals surface area contributed by atoms with Crippen LogP contribution in [-0.4, -0.2) is 12.2 Å². The average Bonchev–Trinajstić information content (AvgIpc) is 1.61. The van der Waals surface area contributed by atoms with Crippen molar-refractivity contribution >= 4 is 17.9 Å². The quantitative estimate of drug-likeness (QED) is 0.347. The molecule has 45 valence electrons. The third-order valence-electron chi connectivity index (χ3n) is 0.412. The predicted octanol–water partition coefficient (Wildman–Crippen LogP) is 1.11. The summed E-state index contributed by atoms with van der Waals surface area (Å²) < 4.78 is 0. The predicted molar refractivity (Wildman–Crippen MR) is 25.6 cm³/mol. The monoisotopic (exact) mass is 164 g/mol. The van der Waals surface area contributed by atoms with Gasteiger partial charge >= 0.3 is 0 Å². The van der Waals surface area contributed by atoms with Crippen molar-refractivity contribution in [2.24, 2.45) is 0 Å². The summed E-state index contributed by atoms with van der Waals surface area (Å²) in [7, 11) is 0. The van der Waals surface area contributed by atoms with Gasteiger partial charge in [-0.15, -0.1) is 11.6 Å². The second kappa shape index (κ2) is 9.69. The molecule has 0 aromatic heterocycles. The van der Waals surface area contributed by atoms with Crippen LogP contribution in [0.4, 0.5) is 0 Å². The summed E-state index contributed by atoms with van der Waals surface area (Å²) >= 11 is 5.20. The zero-order valence-electron chi connectivity index (χ0n) is 3.74. The van der Waals surface area contributed by atoms with Gasteiger partial charge in [0.15, 0.2) is 0 Å². The molecule has 0 amide bonds. The molecule has 0 heterocycles. The van der Waals surface area contributed by atoms with Crippen molar-refractivity contribution in [2.75, 3.05) is 5.88 Å². The Bertz CT molecular complexity index is 40.7. The Morgan fingerprint density at radius 2 is 2.14 bits per heavy atom. The summed E-state index contributed by atoms with van der Waals surface area (Å²) in [4.78, 5) is 9.38. The van der Waals surface area contributed by atoms with Crippen molar-refractivity contribution in [1.29, 1.82) is 0 Å². The fraction of sp³-hybridized carbons (Fsp3) is 0.750. The van der Waals surface area contributed by atoms with E-state index in [0.29, 0.717) is 12.3 Å². The van der Waals surface area contributed by atoms with Crippen molar-refractivity contribution in [2.45, 2.75) is 12.8 Å². The van der Waals surface area contributed by atoms with E-state index in [0.717, 1.165) is 6.42 Å². The fourth-order valence-corrected chi connectivity index (χ4v) is 0.273. The first-order chi connectivity index (χ1) is 2.91.